The SMILES string of the molecule is COc1ccc(S(=O)(=O)N2CCN(Cc3csc(-c4cccs4)n3)CC2)cc1OC. The molecule has 30 heavy (non-hydrogen) atoms. The molecule has 3 heterocycles. The molecule has 0 radical (unpaired) electrons. The Morgan fingerprint density at radius 3 is 2.47 bits per heavy atom. The molecule has 0 N–H and O–H groups in total. The van der Waals surface area contributed by atoms with Crippen molar-refractivity contribution in [3.63, 3.8) is 0 Å². The molecule has 7 nitrogen and oxygen atoms in total. The number of sulfonamides is 1. The van der Waals surface area contributed by atoms with Crippen LogP contribution >= 0.6 is 22.7 Å². The molecule has 1 aliphatic heterocycles. The summed E-state index contributed by atoms with van der Waals surface area (Å²) in [6.07, 6.45) is 0. The van der Waals surface area contributed by atoms with Crippen LogP contribution in [0.1, 0.15) is 5.69 Å². The van der Waals surface area contributed by atoms with Gasteiger partial charge >= 0.3 is 0 Å². The number of thiazole rings is 1. The minimum atomic E-state index is -3.58. The van der Waals surface area contributed by atoms with Crippen LogP contribution in [0.3, 0.4) is 0 Å². The lowest BCUT2D eigenvalue weighted by molar-refractivity contribution is 0.180. The van der Waals surface area contributed by atoms with Crippen molar-refractivity contribution in [1.29, 1.82) is 0 Å². The van der Waals surface area contributed by atoms with Crippen LogP contribution in [0.15, 0.2) is 46.0 Å². The Hall–Kier alpha value is -1.98. The maximum atomic E-state index is 13.1. The number of thiophene rings is 1. The summed E-state index contributed by atoms with van der Waals surface area (Å²) in [5, 5.41) is 5.17. The molecule has 0 aliphatic carbocycles. The van der Waals surface area contributed by atoms with Gasteiger partial charge in [0.05, 0.1) is 29.7 Å². The van der Waals surface area contributed by atoms with E-state index >= 15 is 0 Å². The largest absolute Gasteiger partial charge is 0.493 e. The third-order valence-corrected chi connectivity index (χ3v) is 8.82. The topological polar surface area (TPSA) is 72.0 Å². The van der Waals surface area contributed by atoms with Crippen LogP contribution in [-0.2, 0) is 16.6 Å². The molecule has 0 amide bonds. The zero-order valence-corrected chi connectivity index (χ0v) is 19.2. The first-order chi connectivity index (χ1) is 14.5. The number of ether oxygens (including phenoxy) is 2. The second kappa shape index (κ2) is 9.03. The first-order valence-electron chi connectivity index (χ1n) is 9.44. The number of methoxy groups -OCH3 is 2. The van der Waals surface area contributed by atoms with Gasteiger partial charge in [-0.1, -0.05) is 6.07 Å². The molecule has 0 saturated carbocycles. The van der Waals surface area contributed by atoms with Crippen molar-refractivity contribution in [1.82, 2.24) is 14.2 Å². The average molecular weight is 466 g/mol. The Balaban J connectivity index is 1.39. The van der Waals surface area contributed by atoms with E-state index in [0.717, 1.165) is 17.2 Å². The molecule has 10 heteroatoms. The van der Waals surface area contributed by atoms with Crippen LogP contribution in [-0.4, -0.2) is 63.0 Å². The molecule has 0 spiro atoms. The van der Waals surface area contributed by atoms with E-state index < -0.39 is 10.0 Å². The Bertz CT molecular complexity index is 1090. The highest BCUT2D eigenvalue weighted by atomic mass is 32.2. The lowest BCUT2D eigenvalue weighted by Crippen LogP contribution is -2.48. The first kappa shape index (κ1) is 21.3. The number of piperazine rings is 1. The summed E-state index contributed by atoms with van der Waals surface area (Å²) >= 11 is 3.33. The monoisotopic (exact) mass is 465 g/mol. The average Bonchev–Trinajstić information content (AvgIpc) is 3.45. The highest BCUT2D eigenvalue weighted by Gasteiger charge is 2.29. The fourth-order valence-corrected chi connectivity index (χ4v) is 6.44. The summed E-state index contributed by atoms with van der Waals surface area (Å²) in [6, 6.07) is 8.80. The number of nitrogens with zero attached hydrogens (tertiary/aromatic N) is 3. The highest BCUT2D eigenvalue weighted by molar-refractivity contribution is 7.89. The number of hydrogen-bond acceptors (Lipinski definition) is 8. The minimum absolute atomic E-state index is 0.216. The third kappa shape index (κ3) is 4.37. The quantitative estimate of drug-likeness (QED) is 0.533. The van der Waals surface area contributed by atoms with Crippen LogP contribution in [0.25, 0.3) is 9.88 Å². The van der Waals surface area contributed by atoms with Gasteiger partial charge in [-0.05, 0) is 23.6 Å². The molecular weight excluding hydrogens is 442 g/mol. The van der Waals surface area contributed by atoms with E-state index in [-0.39, 0.29) is 4.90 Å². The first-order valence-corrected chi connectivity index (χ1v) is 12.6. The summed E-state index contributed by atoms with van der Waals surface area (Å²) in [5.74, 6) is 0.911. The van der Waals surface area contributed by atoms with Crippen LogP contribution in [0.5, 0.6) is 11.5 Å². The molecule has 1 aromatic carbocycles. The van der Waals surface area contributed by atoms with E-state index in [1.165, 1.54) is 29.5 Å². The van der Waals surface area contributed by atoms with Gasteiger partial charge in [0, 0.05) is 44.2 Å². The van der Waals surface area contributed by atoms with Gasteiger partial charge in [0.2, 0.25) is 10.0 Å². The number of hydrogen-bond donors (Lipinski definition) is 0. The van der Waals surface area contributed by atoms with Crippen LogP contribution in [0.2, 0.25) is 0 Å². The standard InChI is InChI=1S/C20H23N3O4S3/c1-26-17-6-5-16(12-18(17)27-2)30(24,25)23-9-7-22(8-10-23)13-15-14-29-20(21-15)19-4-3-11-28-19/h3-6,11-12,14H,7-10,13H2,1-2H3. The fourth-order valence-electron chi connectivity index (χ4n) is 3.38. The van der Waals surface area contributed by atoms with E-state index in [1.54, 1.807) is 34.8 Å². The molecule has 1 saturated heterocycles. The lowest BCUT2D eigenvalue weighted by atomic mass is 10.3. The van der Waals surface area contributed by atoms with E-state index in [2.05, 4.69) is 21.7 Å². The molecule has 0 bridgehead atoms. The smallest absolute Gasteiger partial charge is 0.243 e. The maximum absolute atomic E-state index is 13.1. The zero-order valence-electron chi connectivity index (χ0n) is 16.8. The molecule has 1 fully saturated rings. The van der Waals surface area contributed by atoms with Gasteiger partial charge in [-0.3, -0.25) is 4.90 Å². The van der Waals surface area contributed by atoms with E-state index in [1.807, 2.05) is 6.07 Å². The summed E-state index contributed by atoms with van der Waals surface area (Å²) in [7, 11) is -0.562. The van der Waals surface area contributed by atoms with Gasteiger partial charge in [-0.15, -0.1) is 22.7 Å². The van der Waals surface area contributed by atoms with Gasteiger partial charge < -0.3 is 9.47 Å². The molecule has 2 aromatic heterocycles. The van der Waals surface area contributed by atoms with Gasteiger partial charge in [0.15, 0.2) is 11.5 Å². The maximum Gasteiger partial charge on any atom is 0.243 e. The predicted molar refractivity (Wildman–Crippen MR) is 119 cm³/mol. The molecular formula is C20H23N3O4S3. The van der Waals surface area contributed by atoms with Gasteiger partial charge in [-0.25, -0.2) is 13.4 Å². The van der Waals surface area contributed by atoms with Crippen LogP contribution in [0.4, 0.5) is 0 Å². The third-order valence-electron chi connectivity index (χ3n) is 4.99. The Labute approximate surface area is 184 Å². The summed E-state index contributed by atoms with van der Waals surface area (Å²) in [5.41, 5.74) is 1.03. The normalized spacial score (nSPS) is 15.9. The molecule has 0 atom stereocenters. The van der Waals surface area contributed by atoms with Gasteiger partial charge in [0.25, 0.3) is 0 Å². The Morgan fingerprint density at radius 1 is 1.03 bits per heavy atom. The second-order valence-electron chi connectivity index (χ2n) is 6.82. The van der Waals surface area contributed by atoms with Crippen molar-refractivity contribution in [3.05, 3.63) is 46.8 Å². The molecule has 1 aliphatic rings. The van der Waals surface area contributed by atoms with Crippen molar-refractivity contribution in [2.45, 2.75) is 11.4 Å². The van der Waals surface area contributed by atoms with Crippen LogP contribution in [0, 0.1) is 0 Å². The summed E-state index contributed by atoms with van der Waals surface area (Å²) in [4.78, 5) is 8.37. The lowest BCUT2D eigenvalue weighted by Gasteiger charge is -2.33. The summed E-state index contributed by atoms with van der Waals surface area (Å²) in [6.45, 7) is 2.94. The highest BCUT2D eigenvalue weighted by Crippen LogP contribution is 2.31. The number of rotatable bonds is 7. The van der Waals surface area contributed by atoms with E-state index in [4.69, 9.17) is 14.5 Å². The van der Waals surface area contributed by atoms with Crippen molar-refractivity contribution >= 4 is 32.7 Å². The van der Waals surface area contributed by atoms with Crippen molar-refractivity contribution < 1.29 is 17.9 Å². The van der Waals surface area contributed by atoms with Crippen molar-refractivity contribution in [2.24, 2.45) is 0 Å². The molecule has 4 rings (SSSR count). The van der Waals surface area contributed by atoms with Gasteiger partial charge in [0.1, 0.15) is 5.01 Å². The van der Waals surface area contributed by atoms with Gasteiger partial charge in [-0.2, -0.15) is 4.31 Å². The van der Waals surface area contributed by atoms with Crippen molar-refractivity contribution in [3.8, 4) is 21.4 Å². The minimum Gasteiger partial charge on any atom is -0.493 e. The van der Waals surface area contributed by atoms with E-state index in [0.29, 0.717) is 37.7 Å². The van der Waals surface area contributed by atoms with Crippen molar-refractivity contribution in [2.75, 3.05) is 40.4 Å². The number of benzene rings is 1. The molecule has 160 valence electrons. The van der Waals surface area contributed by atoms with Crippen LogP contribution < -0.4 is 9.47 Å². The zero-order chi connectivity index (χ0) is 21.1. The number of aromatic nitrogens is 1. The fraction of sp³-hybridized carbons (Fsp3) is 0.350. The summed E-state index contributed by atoms with van der Waals surface area (Å²) < 4.78 is 38.1. The molecule has 0 unspecified atom stereocenters. The Kier molecular flexibility index (Phi) is 6.40. The second-order valence-corrected chi connectivity index (χ2v) is 10.6. The Morgan fingerprint density at radius 2 is 1.80 bits per heavy atom. The predicted octanol–water partition coefficient (Wildman–Crippen LogP) is 3.40. The van der Waals surface area contributed by atoms with E-state index in [9.17, 15) is 8.42 Å². The molecule has 3 aromatic rings.